The van der Waals surface area contributed by atoms with E-state index in [1.54, 1.807) is 18.2 Å². The summed E-state index contributed by atoms with van der Waals surface area (Å²) in [6.45, 7) is 7.72. The summed E-state index contributed by atoms with van der Waals surface area (Å²) < 4.78 is 11.1. The zero-order valence-electron chi connectivity index (χ0n) is 22.9. The molecule has 7 nitrogen and oxygen atoms in total. The SMILES string of the molecule is CC1=C[C@@H]2N(c3ccccc31)[C@H](C(=O)C(C)(C)C)[C@@H](C(=O)c1ccc3c(c1)OCO3)[C@]21C(=O)Nc2ccccc21. The summed E-state index contributed by atoms with van der Waals surface area (Å²) in [5, 5.41) is 3.08. The Labute approximate surface area is 232 Å². The van der Waals surface area contributed by atoms with Gasteiger partial charge in [0.25, 0.3) is 0 Å². The fourth-order valence-electron chi connectivity index (χ4n) is 7.06. The number of fused-ring (bicyclic) bond motifs is 7. The highest BCUT2D eigenvalue weighted by molar-refractivity contribution is 6.17. The van der Waals surface area contributed by atoms with Crippen LogP contribution < -0.4 is 19.7 Å². The summed E-state index contributed by atoms with van der Waals surface area (Å²) >= 11 is 0. The number of ether oxygens (including phenoxy) is 2. The molecule has 1 N–H and O–H groups in total. The monoisotopic (exact) mass is 534 g/mol. The molecule has 0 saturated carbocycles. The number of rotatable bonds is 3. The van der Waals surface area contributed by atoms with E-state index >= 15 is 0 Å². The number of ketones is 2. The number of carbonyl (C=O) groups excluding carboxylic acids is 3. The summed E-state index contributed by atoms with van der Waals surface area (Å²) in [4.78, 5) is 45.8. The van der Waals surface area contributed by atoms with Gasteiger partial charge in [-0.3, -0.25) is 14.4 Å². The van der Waals surface area contributed by atoms with Crippen LogP contribution in [-0.2, 0) is 15.0 Å². The molecule has 4 heterocycles. The smallest absolute Gasteiger partial charge is 0.238 e. The van der Waals surface area contributed by atoms with Gasteiger partial charge in [0, 0.05) is 27.9 Å². The van der Waals surface area contributed by atoms with Crippen LogP contribution >= 0.6 is 0 Å². The van der Waals surface area contributed by atoms with Gasteiger partial charge in [-0.2, -0.15) is 0 Å². The average molecular weight is 535 g/mol. The molecule has 7 rings (SSSR count). The predicted octanol–water partition coefficient (Wildman–Crippen LogP) is 5.39. The van der Waals surface area contributed by atoms with E-state index in [1.165, 1.54) is 0 Å². The summed E-state index contributed by atoms with van der Waals surface area (Å²) in [6, 6.07) is 19.1. The maximum Gasteiger partial charge on any atom is 0.238 e. The van der Waals surface area contributed by atoms with Gasteiger partial charge in [-0.1, -0.05) is 63.2 Å². The highest BCUT2D eigenvalue weighted by Gasteiger charge is 2.71. The Morgan fingerprint density at radius 3 is 2.50 bits per heavy atom. The number of carbonyl (C=O) groups is 3. The topological polar surface area (TPSA) is 84.9 Å². The number of amides is 1. The fourth-order valence-corrected chi connectivity index (χ4v) is 7.06. The van der Waals surface area contributed by atoms with Crippen molar-refractivity contribution in [1.29, 1.82) is 0 Å². The minimum absolute atomic E-state index is 0.0813. The van der Waals surface area contributed by atoms with Crippen molar-refractivity contribution in [2.24, 2.45) is 11.3 Å². The molecule has 40 heavy (non-hydrogen) atoms. The Hall–Kier alpha value is -4.39. The molecular weight excluding hydrogens is 504 g/mol. The van der Waals surface area contributed by atoms with Gasteiger partial charge < -0.3 is 19.7 Å². The van der Waals surface area contributed by atoms with Gasteiger partial charge in [0.05, 0.1) is 12.0 Å². The van der Waals surface area contributed by atoms with Crippen LogP contribution in [0.3, 0.4) is 0 Å². The summed E-state index contributed by atoms with van der Waals surface area (Å²) in [5.41, 5.74) is 2.54. The number of hydrogen-bond acceptors (Lipinski definition) is 6. The molecule has 0 unspecified atom stereocenters. The van der Waals surface area contributed by atoms with Crippen molar-refractivity contribution in [3.63, 3.8) is 0 Å². The molecule has 0 aromatic heterocycles. The molecule has 1 fully saturated rings. The number of allylic oxidation sites excluding steroid dienone is 1. The predicted molar refractivity (Wildman–Crippen MR) is 152 cm³/mol. The Bertz CT molecular complexity index is 1650. The number of hydrogen-bond donors (Lipinski definition) is 1. The summed E-state index contributed by atoms with van der Waals surface area (Å²) in [5.74, 6) is -0.585. The summed E-state index contributed by atoms with van der Waals surface area (Å²) in [7, 11) is 0. The third kappa shape index (κ3) is 3.14. The standard InChI is InChI=1S/C33H30N2O5/c1-18-15-26-33(21-10-6-7-11-22(21)34-31(33)38)27(29(36)19-13-14-24-25(16-19)40-17-39-24)28(30(37)32(2,3)4)35(26)23-12-8-5-9-20(18)23/h5-16,26-28H,17H2,1-4H3,(H,34,38)/t26-,27-,28-,33+/m0/s1. The van der Waals surface area contributed by atoms with E-state index in [-0.39, 0.29) is 24.3 Å². The van der Waals surface area contributed by atoms with E-state index in [0.29, 0.717) is 22.7 Å². The van der Waals surface area contributed by atoms with Crippen molar-refractivity contribution in [3.8, 4) is 11.5 Å². The Balaban J connectivity index is 1.54. The molecule has 3 aromatic rings. The molecule has 202 valence electrons. The molecule has 0 radical (unpaired) electrons. The zero-order valence-corrected chi connectivity index (χ0v) is 22.9. The number of anilines is 2. The zero-order chi connectivity index (χ0) is 28.0. The van der Waals surface area contributed by atoms with E-state index in [1.807, 2.05) is 81.1 Å². The second-order valence-corrected chi connectivity index (χ2v) is 12.1. The average Bonchev–Trinajstić information content (AvgIpc) is 3.61. The molecule has 0 bridgehead atoms. The molecule has 4 atom stereocenters. The van der Waals surface area contributed by atoms with Crippen molar-refractivity contribution in [2.75, 3.05) is 17.0 Å². The van der Waals surface area contributed by atoms with E-state index in [4.69, 9.17) is 9.47 Å². The number of benzene rings is 3. The Morgan fingerprint density at radius 1 is 0.975 bits per heavy atom. The van der Waals surface area contributed by atoms with Crippen molar-refractivity contribution in [3.05, 3.63) is 89.5 Å². The molecule has 4 aliphatic rings. The van der Waals surface area contributed by atoms with Gasteiger partial charge in [0.15, 0.2) is 23.1 Å². The lowest BCUT2D eigenvalue weighted by molar-refractivity contribution is -0.128. The lowest BCUT2D eigenvalue weighted by atomic mass is 9.63. The van der Waals surface area contributed by atoms with Gasteiger partial charge in [-0.05, 0) is 48.4 Å². The molecule has 1 amide bonds. The third-order valence-electron chi connectivity index (χ3n) is 8.83. The van der Waals surface area contributed by atoms with Crippen LogP contribution in [0, 0.1) is 11.3 Å². The minimum Gasteiger partial charge on any atom is -0.454 e. The highest BCUT2D eigenvalue weighted by atomic mass is 16.7. The normalized spacial score (nSPS) is 25.7. The van der Waals surface area contributed by atoms with Crippen LogP contribution in [0.2, 0.25) is 0 Å². The quantitative estimate of drug-likeness (QED) is 0.454. The Kier molecular flexibility index (Phi) is 5.12. The highest BCUT2D eigenvalue weighted by Crippen LogP contribution is 2.59. The van der Waals surface area contributed by atoms with E-state index in [0.717, 1.165) is 22.4 Å². The second-order valence-electron chi connectivity index (χ2n) is 12.1. The Morgan fingerprint density at radius 2 is 1.70 bits per heavy atom. The van der Waals surface area contributed by atoms with Gasteiger partial charge in [-0.25, -0.2) is 0 Å². The van der Waals surface area contributed by atoms with Crippen LogP contribution in [0.5, 0.6) is 11.5 Å². The lowest BCUT2D eigenvalue weighted by Crippen LogP contribution is -2.51. The first kappa shape index (κ1) is 24.6. The van der Waals surface area contributed by atoms with Gasteiger partial charge in [-0.15, -0.1) is 0 Å². The molecule has 3 aromatic carbocycles. The maximum absolute atomic E-state index is 14.9. The van der Waals surface area contributed by atoms with Crippen molar-refractivity contribution < 1.29 is 23.9 Å². The molecule has 0 aliphatic carbocycles. The number of nitrogens with zero attached hydrogens (tertiary/aromatic N) is 1. The molecule has 1 saturated heterocycles. The van der Waals surface area contributed by atoms with Crippen LogP contribution in [0.25, 0.3) is 5.57 Å². The van der Waals surface area contributed by atoms with E-state index in [2.05, 4.69) is 11.4 Å². The van der Waals surface area contributed by atoms with Crippen molar-refractivity contribution >= 4 is 34.4 Å². The second kappa shape index (κ2) is 8.31. The first-order chi connectivity index (χ1) is 19.1. The molecular formula is C33H30N2O5. The number of Topliss-reactive ketones (excluding diaryl/α,β-unsaturated/α-hetero) is 2. The first-order valence-corrected chi connectivity index (χ1v) is 13.6. The number of para-hydroxylation sites is 2. The maximum atomic E-state index is 14.9. The largest absolute Gasteiger partial charge is 0.454 e. The van der Waals surface area contributed by atoms with Gasteiger partial charge in [0.1, 0.15) is 11.5 Å². The van der Waals surface area contributed by atoms with E-state index < -0.39 is 28.8 Å². The number of nitrogens with one attached hydrogen (secondary N) is 1. The molecule has 4 aliphatic heterocycles. The minimum atomic E-state index is -1.33. The van der Waals surface area contributed by atoms with Crippen LogP contribution in [-0.4, -0.2) is 36.4 Å². The lowest BCUT2D eigenvalue weighted by Gasteiger charge is -2.39. The van der Waals surface area contributed by atoms with E-state index in [9.17, 15) is 14.4 Å². The molecule has 7 heteroatoms. The van der Waals surface area contributed by atoms with Crippen LogP contribution in [0.1, 0.15) is 49.2 Å². The fraction of sp³-hybridized carbons (Fsp3) is 0.303. The molecule has 1 spiro atoms. The van der Waals surface area contributed by atoms with Gasteiger partial charge in [0.2, 0.25) is 12.7 Å². The van der Waals surface area contributed by atoms with Gasteiger partial charge >= 0.3 is 0 Å². The first-order valence-electron chi connectivity index (χ1n) is 13.6. The summed E-state index contributed by atoms with van der Waals surface area (Å²) in [6.07, 6.45) is 2.07. The van der Waals surface area contributed by atoms with Crippen molar-refractivity contribution in [1.82, 2.24) is 0 Å². The van der Waals surface area contributed by atoms with Crippen LogP contribution in [0.4, 0.5) is 11.4 Å². The van der Waals surface area contributed by atoms with Crippen molar-refractivity contribution in [2.45, 2.75) is 45.2 Å². The third-order valence-corrected chi connectivity index (χ3v) is 8.83. The van der Waals surface area contributed by atoms with Crippen LogP contribution in [0.15, 0.2) is 72.8 Å².